The van der Waals surface area contributed by atoms with E-state index in [2.05, 4.69) is 18.7 Å². The number of amides is 2. The average Bonchev–Trinajstić information content (AvgIpc) is 3.18. The summed E-state index contributed by atoms with van der Waals surface area (Å²) in [6, 6.07) is 0. The van der Waals surface area contributed by atoms with E-state index in [9.17, 15) is 19.2 Å². The summed E-state index contributed by atoms with van der Waals surface area (Å²) in [6.45, 7) is 7.03. The molecule has 10 nitrogen and oxygen atoms in total. The second-order valence-electron chi connectivity index (χ2n) is 7.57. The predicted octanol–water partition coefficient (Wildman–Crippen LogP) is 3.45. The normalized spacial score (nSPS) is 12.2. The Balaban J connectivity index is 2.60. The van der Waals surface area contributed by atoms with E-state index < -0.39 is 29.7 Å². The van der Waals surface area contributed by atoms with E-state index in [1.54, 1.807) is 32.2 Å². The molecule has 0 aliphatic heterocycles. The van der Waals surface area contributed by atoms with Crippen molar-refractivity contribution in [2.75, 3.05) is 6.54 Å². The smallest absolute Gasteiger partial charge is 0.417 e. The molecular formula is C20H28IN3O7S. The molecule has 0 spiro atoms. The lowest BCUT2D eigenvalue weighted by molar-refractivity contribution is -0.146. The summed E-state index contributed by atoms with van der Waals surface area (Å²) in [5.41, 5.74) is -0.445. The van der Waals surface area contributed by atoms with Gasteiger partial charge in [-0.15, -0.1) is 11.3 Å². The fourth-order valence-electron chi connectivity index (χ4n) is 2.19. The van der Waals surface area contributed by atoms with Gasteiger partial charge in [0.25, 0.3) is 0 Å². The molecule has 1 aromatic heterocycles. The van der Waals surface area contributed by atoms with Crippen LogP contribution in [0.5, 0.6) is 0 Å². The first-order valence-corrected chi connectivity index (χ1v) is 11.7. The van der Waals surface area contributed by atoms with Gasteiger partial charge >= 0.3 is 18.0 Å². The minimum atomic E-state index is -0.792. The molecule has 1 aromatic rings. The Morgan fingerprint density at radius 1 is 1.25 bits per heavy atom. The number of allylic oxidation sites excluding steroid dienone is 1. The van der Waals surface area contributed by atoms with Crippen LogP contribution in [0.2, 0.25) is 0 Å². The average molecular weight is 581 g/mol. The summed E-state index contributed by atoms with van der Waals surface area (Å²) in [5.74, 6) is -1.59. The van der Waals surface area contributed by atoms with Crippen LogP contribution in [0.3, 0.4) is 0 Å². The van der Waals surface area contributed by atoms with Gasteiger partial charge in [0.1, 0.15) is 23.3 Å². The maximum Gasteiger partial charge on any atom is 0.417 e. The standard InChI is InChI=1S/C20H28IN3O7S/c1-5-6-7-8-13(29-17(26)11-23-19(28)31-21)9-15(25)22-10-16-24-14(12-32-16)18(27)30-20(2,3)4/h7-8,12-13H,5-6,9-11H2,1-4H3,(H,22,25)(H,23,28)/b8-7+. The second kappa shape index (κ2) is 14.0. The fraction of sp³-hybridized carbons (Fsp3) is 0.550. The third kappa shape index (κ3) is 12.0. The highest BCUT2D eigenvalue weighted by atomic mass is 127. The van der Waals surface area contributed by atoms with Crippen molar-refractivity contribution in [3.05, 3.63) is 28.2 Å². The number of aromatic nitrogens is 1. The lowest BCUT2D eigenvalue weighted by Crippen LogP contribution is -2.33. The number of hydrogen-bond acceptors (Lipinski definition) is 9. The Bertz CT molecular complexity index is 820. The van der Waals surface area contributed by atoms with E-state index in [-0.39, 0.29) is 31.1 Å². The topological polar surface area (TPSA) is 133 Å². The SMILES string of the molecule is CCC/C=C/C(CC(=O)NCc1nc(C(=O)OC(C)(C)C)cs1)OC(=O)CNC(=O)OI. The molecule has 1 rings (SSSR count). The van der Waals surface area contributed by atoms with Gasteiger partial charge < -0.3 is 23.2 Å². The highest BCUT2D eigenvalue weighted by Gasteiger charge is 2.21. The minimum Gasteiger partial charge on any atom is -0.456 e. The van der Waals surface area contributed by atoms with Crippen molar-refractivity contribution >= 4 is 58.3 Å². The number of hydrogen-bond donors (Lipinski definition) is 2. The number of rotatable bonds is 11. The predicted molar refractivity (Wildman–Crippen MR) is 126 cm³/mol. The molecule has 0 fully saturated rings. The van der Waals surface area contributed by atoms with Crippen molar-refractivity contribution in [1.29, 1.82) is 0 Å². The number of nitrogens with one attached hydrogen (secondary N) is 2. The van der Waals surface area contributed by atoms with E-state index in [1.807, 2.05) is 13.0 Å². The highest BCUT2D eigenvalue weighted by molar-refractivity contribution is 14.1. The Kier molecular flexibility index (Phi) is 12.2. The van der Waals surface area contributed by atoms with Crippen LogP contribution >= 0.6 is 34.3 Å². The number of thiazole rings is 1. The van der Waals surface area contributed by atoms with Crippen LogP contribution in [0.1, 0.15) is 62.5 Å². The maximum atomic E-state index is 12.3. The molecule has 0 aromatic carbocycles. The minimum absolute atomic E-state index is 0.104. The van der Waals surface area contributed by atoms with Crippen molar-refractivity contribution < 1.29 is 31.7 Å². The van der Waals surface area contributed by atoms with Gasteiger partial charge in [-0.2, -0.15) is 0 Å². The molecule has 1 unspecified atom stereocenters. The molecule has 1 heterocycles. The van der Waals surface area contributed by atoms with Crippen molar-refractivity contribution in [2.45, 2.75) is 65.2 Å². The highest BCUT2D eigenvalue weighted by Crippen LogP contribution is 2.15. The quantitative estimate of drug-likeness (QED) is 0.231. The Morgan fingerprint density at radius 3 is 2.59 bits per heavy atom. The van der Waals surface area contributed by atoms with E-state index in [1.165, 1.54) is 34.3 Å². The van der Waals surface area contributed by atoms with Gasteiger partial charge in [-0.05, 0) is 33.3 Å². The monoisotopic (exact) mass is 581 g/mol. The largest absolute Gasteiger partial charge is 0.456 e. The van der Waals surface area contributed by atoms with Crippen LogP contribution < -0.4 is 10.6 Å². The molecule has 2 amide bonds. The first-order valence-electron chi connectivity index (χ1n) is 9.91. The molecule has 32 heavy (non-hydrogen) atoms. The first-order chi connectivity index (χ1) is 15.0. The van der Waals surface area contributed by atoms with Gasteiger partial charge in [-0.3, -0.25) is 9.59 Å². The Morgan fingerprint density at radius 2 is 1.97 bits per heavy atom. The van der Waals surface area contributed by atoms with Gasteiger partial charge in [0, 0.05) is 5.38 Å². The van der Waals surface area contributed by atoms with Crippen LogP contribution in [0.4, 0.5) is 4.79 Å². The van der Waals surface area contributed by atoms with Crippen LogP contribution in [-0.2, 0) is 28.7 Å². The number of nitrogens with zero attached hydrogens (tertiary/aromatic N) is 1. The van der Waals surface area contributed by atoms with Crippen LogP contribution in [-0.4, -0.2) is 47.2 Å². The zero-order valence-corrected chi connectivity index (χ0v) is 21.4. The van der Waals surface area contributed by atoms with Crippen LogP contribution in [0.15, 0.2) is 17.5 Å². The molecule has 0 saturated heterocycles. The van der Waals surface area contributed by atoms with E-state index in [0.29, 0.717) is 5.01 Å². The van der Waals surface area contributed by atoms with Crippen LogP contribution in [0, 0.1) is 0 Å². The van der Waals surface area contributed by atoms with E-state index in [0.717, 1.165) is 12.8 Å². The first kappa shape index (κ1) is 27.8. The lowest BCUT2D eigenvalue weighted by atomic mass is 10.2. The number of halogens is 1. The third-order valence-corrected chi connectivity index (χ3v) is 4.77. The summed E-state index contributed by atoms with van der Waals surface area (Å²) >= 11 is 2.62. The molecule has 178 valence electrons. The summed E-state index contributed by atoms with van der Waals surface area (Å²) in [6.07, 6.45) is 3.46. The van der Waals surface area contributed by atoms with Gasteiger partial charge in [-0.1, -0.05) is 19.4 Å². The molecule has 0 radical (unpaired) electrons. The molecule has 0 aliphatic rings. The number of ether oxygens (including phenoxy) is 2. The zero-order valence-electron chi connectivity index (χ0n) is 18.4. The molecule has 1 atom stereocenters. The molecule has 0 bridgehead atoms. The molecule has 12 heteroatoms. The third-order valence-electron chi connectivity index (χ3n) is 3.52. The number of esters is 2. The number of carbonyl (C=O) groups is 4. The summed E-state index contributed by atoms with van der Waals surface area (Å²) in [4.78, 5) is 51.5. The lowest BCUT2D eigenvalue weighted by Gasteiger charge is -2.18. The Labute approximate surface area is 205 Å². The van der Waals surface area contributed by atoms with Crippen molar-refractivity contribution in [2.24, 2.45) is 0 Å². The second-order valence-corrected chi connectivity index (χ2v) is 8.96. The van der Waals surface area contributed by atoms with Gasteiger partial charge in [-0.25, -0.2) is 14.6 Å². The van der Waals surface area contributed by atoms with Crippen molar-refractivity contribution in [3.8, 4) is 0 Å². The van der Waals surface area contributed by atoms with Crippen molar-refractivity contribution in [1.82, 2.24) is 15.6 Å². The van der Waals surface area contributed by atoms with E-state index in [4.69, 9.17) is 9.47 Å². The molecule has 0 aliphatic carbocycles. The van der Waals surface area contributed by atoms with Crippen molar-refractivity contribution in [3.63, 3.8) is 0 Å². The summed E-state index contributed by atoms with van der Waals surface area (Å²) in [7, 11) is 0. The molecule has 2 N–H and O–H groups in total. The maximum absolute atomic E-state index is 12.3. The summed E-state index contributed by atoms with van der Waals surface area (Å²) in [5, 5.41) is 7.02. The summed E-state index contributed by atoms with van der Waals surface area (Å²) < 4.78 is 14.9. The van der Waals surface area contributed by atoms with E-state index >= 15 is 0 Å². The van der Waals surface area contributed by atoms with Crippen LogP contribution in [0.25, 0.3) is 0 Å². The number of carbonyl (C=O) groups excluding carboxylic acids is 4. The van der Waals surface area contributed by atoms with Gasteiger partial charge in [0.05, 0.1) is 13.0 Å². The Hall–Kier alpha value is -2.22. The van der Waals surface area contributed by atoms with Gasteiger partial charge in [0.15, 0.2) is 28.7 Å². The molecular weight excluding hydrogens is 553 g/mol. The fourth-order valence-corrected chi connectivity index (χ4v) is 3.05. The molecule has 0 saturated carbocycles. The zero-order chi connectivity index (χ0) is 24.1. The van der Waals surface area contributed by atoms with Gasteiger partial charge in [0.2, 0.25) is 5.91 Å². The number of unbranched alkanes of at least 4 members (excludes halogenated alkanes) is 1.